The molecule has 0 bridgehead atoms. The number of benzene rings is 1. The van der Waals surface area contributed by atoms with Crippen LogP contribution in [0.5, 0.6) is 0 Å². The third-order valence-electron chi connectivity index (χ3n) is 6.96. The topological polar surface area (TPSA) is 119 Å². The predicted octanol–water partition coefficient (Wildman–Crippen LogP) is 2.08. The van der Waals surface area contributed by atoms with E-state index in [1.807, 2.05) is 14.0 Å². The molecule has 0 saturated carbocycles. The molecular weight excluding hydrogens is 550 g/mol. The maximum atomic E-state index is 13.6. The van der Waals surface area contributed by atoms with Crippen LogP contribution in [0.2, 0.25) is 4.34 Å². The van der Waals surface area contributed by atoms with Crippen LogP contribution in [0.1, 0.15) is 35.0 Å². The van der Waals surface area contributed by atoms with E-state index in [1.54, 1.807) is 41.0 Å². The van der Waals surface area contributed by atoms with E-state index < -0.39 is 27.9 Å². The normalized spacial score (nSPS) is 19.6. The molecule has 2 fully saturated rings. The van der Waals surface area contributed by atoms with E-state index in [9.17, 15) is 22.8 Å². The number of amides is 3. The summed E-state index contributed by atoms with van der Waals surface area (Å²) in [5, 5.41) is 2.67. The van der Waals surface area contributed by atoms with Crippen LogP contribution in [0.25, 0.3) is 0 Å². The van der Waals surface area contributed by atoms with Crippen LogP contribution in [0.3, 0.4) is 0 Å². The molecule has 38 heavy (non-hydrogen) atoms. The standard InChI is InChI=1S/C25H32ClN5O5S2/c1-16-7-10-23(32)31(16)19-5-4-6-21(17(19)2)38(35,36)28-18(25(34)30-13-11-29(3)12-14-30)15-27-24(33)20-8-9-22(26)37-20/h4-6,8-9,16,18,28H,7,10-15H2,1-3H3,(H,27,33)/t16?,18-/m0/s1. The number of rotatable bonds is 8. The Morgan fingerprint density at radius 2 is 1.87 bits per heavy atom. The molecule has 2 N–H and O–H groups in total. The van der Waals surface area contributed by atoms with Gasteiger partial charge in [0.05, 0.1) is 14.1 Å². The molecule has 2 saturated heterocycles. The number of hydrogen-bond acceptors (Lipinski definition) is 7. The maximum Gasteiger partial charge on any atom is 0.261 e. The Morgan fingerprint density at radius 1 is 1.16 bits per heavy atom. The molecule has 2 aliphatic heterocycles. The molecule has 2 atom stereocenters. The molecule has 10 nitrogen and oxygen atoms in total. The molecule has 3 amide bonds. The lowest BCUT2D eigenvalue weighted by Crippen LogP contribution is -2.57. The first kappa shape index (κ1) is 28.5. The summed E-state index contributed by atoms with van der Waals surface area (Å²) < 4.78 is 30.2. The minimum Gasteiger partial charge on any atom is -0.349 e. The van der Waals surface area contributed by atoms with Gasteiger partial charge in [0.2, 0.25) is 21.8 Å². The van der Waals surface area contributed by atoms with Crippen LogP contribution in [0, 0.1) is 6.92 Å². The molecule has 0 radical (unpaired) electrons. The van der Waals surface area contributed by atoms with Crippen molar-refractivity contribution in [1.29, 1.82) is 0 Å². The summed E-state index contributed by atoms with van der Waals surface area (Å²) in [4.78, 5) is 44.3. The number of carbonyl (C=O) groups excluding carboxylic acids is 3. The molecule has 2 aliphatic rings. The summed E-state index contributed by atoms with van der Waals surface area (Å²) in [6.07, 6.45) is 1.11. The van der Waals surface area contributed by atoms with Crippen LogP contribution in [-0.4, -0.2) is 87.8 Å². The highest BCUT2D eigenvalue weighted by atomic mass is 35.5. The molecule has 13 heteroatoms. The molecular formula is C25H32ClN5O5S2. The number of anilines is 1. The number of hydrogen-bond donors (Lipinski definition) is 2. The number of piperazine rings is 1. The van der Waals surface area contributed by atoms with Gasteiger partial charge < -0.3 is 20.0 Å². The van der Waals surface area contributed by atoms with Gasteiger partial charge >= 0.3 is 0 Å². The summed E-state index contributed by atoms with van der Waals surface area (Å²) in [7, 11) is -2.24. The minimum atomic E-state index is -4.20. The van der Waals surface area contributed by atoms with E-state index in [1.165, 1.54) is 6.07 Å². The zero-order valence-corrected chi connectivity index (χ0v) is 24.0. The lowest BCUT2D eigenvalue weighted by Gasteiger charge is -2.34. The van der Waals surface area contributed by atoms with Crippen molar-refractivity contribution in [3.8, 4) is 0 Å². The average molecular weight is 582 g/mol. The van der Waals surface area contributed by atoms with E-state index in [4.69, 9.17) is 11.6 Å². The van der Waals surface area contributed by atoms with E-state index in [2.05, 4.69) is 14.9 Å². The van der Waals surface area contributed by atoms with Crippen LogP contribution >= 0.6 is 22.9 Å². The van der Waals surface area contributed by atoms with Crippen LogP contribution in [0.4, 0.5) is 5.69 Å². The van der Waals surface area contributed by atoms with Gasteiger partial charge in [0.15, 0.2) is 0 Å². The molecule has 1 aromatic carbocycles. The molecule has 1 aromatic heterocycles. The Kier molecular flexibility index (Phi) is 8.78. The highest BCUT2D eigenvalue weighted by Gasteiger charge is 2.34. The third-order valence-corrected chi connectivity index (χ3v) is 9.81. The maximum absolute atomic E-state index is 13.6. The smallest absolute Gasteiger partial charge is 0.261 e. The van der Waals surface area contributed by atoms with Crippen LogP contribution < -0.4 is 14.9 Å². The first-order chi connectivity index (χ1) is 18.0. The zero-order chi connectivity index (χ0) is 27.6. The number of thiophene rings is 1. The Labute approximate surface area is 232 Å². The van der Waals surface area contributed by atoms with Gasteiger partial charge in [-0.25, -0.2) is 8.42 Å². The van der Waals surface area contributed by atoms with Gasteiger partial charge in [-0.1, -0.05) is 17.7 Å². The van der Waals surface area contributed by atoms with Gasteiger partial charge in [0.25, 0.3) is 5.91 Å². The summed E-state index contributed by atoms with van der Waals surface area (Å²) in [5.74, 6) is -0.914. The SMILES string of the molecule is Cc1c(N2C(=O)CCC2C)cccc1S(=O)(=O)N[C@@H](CNC(=O)c1ccc(Cl)s1)C(=O)N1CCN(C)CC1. The second kappa shape index (κ2) is 11.7. The summed E-state index contributed by atoms with van der Waals surface area (Å²) >= 11 is 7.03. The quantitative estimate of drug-likeness (QED) is 0.493. The molecule has 0 aliphatic carbocycles. The molecule has 1 unspecified atom stereocenters. The number of halogens is 1. The van der Waals surface area contributed by atoms with Crippen molar-refractivity contribution >= 4 is 56.4 Å². The highest BCUT2D eigenvalue weighted by molar-refractivity contribution is 7.89. The highest BCUT2D eigenvalue weighted by Crippen LogP contribution is 2.32. The summed E-state index contributed by atoms with van der Waals surface area (Å²) in [6.45, 7) is 5.57. The molecule has 2 aromatic rings. The monoisotopic (exact) mass is 581 g/mol. The fraction of sp³-hybridized carbons (Fsp3) is 0.480. The number of likely N-dealkylation sites (N-methyl/N-ethyl adjacent to an activating group) is 1. The van der Waals surface area contributed by atoms with Crippen LogP contribution in [-0.2, 0) is 19.6 Å². The first-order valence-electron chi connectivity index (χ1n) is 12.4. The van der Waals surface area contributed by atoms with Crippen LogP contribution in [0.15, 0.2) is 35.2 Å². The zero-order valence-electron chi connectivity index (χ0n) is 21.6. The summed E-state index contributed by atoms with van der Waals surface area (Å²) in [6, 6.07) is 6.67. The number of sulfonamides is 1. The van der Waals surface area contributed by atoms with Gasteiger partial charge in [-0.15, -0.1) is 11.3 Å². The van der Waals surface area contributed by atoms with Crippen molar-refractivity contribution in [2.75, 3.05) is 44.7 Å². The van der Waals surface area contributed by atoms with Crippen molar-refractivity contribution in [1.82, 2.24) is 19.8 Å². The number of carbonyl (C=O) groups is 3. The molecule has 4 rings (SSSR count). The lowest BCUT2D eigenvalue weighted by atomic mass is 10.1. The largest absolute Gasteiger partial charge is 0.349 e. The van der Waals surface area contributed by atoms with E-state index >= 15 is 0 Å². The van der Waals surface area contributed by atoms with Gasteiger partial charge in [0, 0.05) is 50.9 Å². The minimum absolute atomic E-state index is 0.0190. The lowest BCUT2D eigenvalue weighted by molar-refractivity contribution is -0.134. The average Bonchev–Trinajstić information content (AvgIpc) is 3.46. The van der Waals surface area contributed by atoms with Gasteiger partial charge in [-0.05, 0) is 57.1 Å². The Balaban J connectivity index is 1.59. The molecule has 3 heterocycles. The van der Waals surface area contributed by atoms with Gasteiger partial charge in [0.1, 0.15) is 6.04 Å². The van der Waals surface area contributed by atoms with E-state index in [0.717, 1.165) is 11.3 Å². The van der Waals surface area contributed by atoms with E-state index in [-0.39, 0.29) is 23.4 Å². The Bertz CT molecular complexity index is 1320. The van der Waals surface area contributed by atoms with E-state index in [0.29, 0.717) is 59.5 Å². The second-order valence-electron chi connectivity index (χ2n) is 9.67. The van der Waals surface area contributed by atoms with Crippen molar-refractivity contribution < 1.29 is 22.8 Å². The van der Waals surface area contributed by atoms with Crippen molar-refractivity contribution in [2.45, 2.75) is 43.7 Å². The summed E-state index contributed by atoms with van der Waals surface area (Å²) in [5.41, 5.74) is 0.956. The third kappa shape index (κ3) is 6.20. The Hall–Kier alpha value is -2.51. The fourth-order valence-corrected chi connectivity index (χ4v) is 7.16. The molecule has 206 valence electrons. The van der Waals surface area contributed by atoms with Gasteiger partial charge in [-0.2, -0.15) is 4.72 Å². The second-order valence-corrected chi connectivity index (χ2v) is 13.1. The van der Waals surface area contributed by atoms with Crippen molar-refractivity contribution in [3.05, 3.63) is 45.1 Å². The van der Waals surface area contributed by atoms with Crippen molar-refractivity contribution in [3.63, 3.8) is 0 Å². The van der Waals surface area contributed by atoms with Crippen molar-refractivity contribution in [2.24, 2.45) is 0 Å². The number of nitrogens with one attached hydrogen (secondary N) is 2. The predicted molar refractivity (Wildman–Crippen MR) is 147 cm³/mol. The number of nitrogens with zero attached hydrogens (tertiary/aromatic N) is 3. The molecule has 0 spiro atoms. The first-order valence-corrected chi connectivity index (χ1v) is 15.1. The Morgan fingerprint density at radius 3 is 2.47 bits per heavy atom. The fourth-order valence-electron chi connectivity index (χ4n) is 4.75. The van der Waals surface area contributed by atoms with Gasteiger partial charge in [-0.3, -0.25) is 14.4 Å².